The molecule has 2 aromatic rings. The summed E-state index contributed by atoms with van der Waals surface area (Å²) in [5.74, 6) is -1.04. The fourth-order valence-corrected chi connectivity index (χ4v) is 2.49. The van der Waals surface area contributed by atoms with Crippen molar-refractivity contribution in [3.05, 3.63) is 53.6 Å². The second-order valence-corrected chi connectivity index (χ2v) is 6.65. The Balaban J connectivity index is 0.00000338. The molecule has 9 nitrogen and oxygen atoms in total. The summed E-state index contributed by atoms with van der Waals surface area (Å²) in [7, 11) is -9.61. The minimum atomic E-state index is -4.86. The van der Waals surface area contributed by atoms with E-state index >= 15 is 0 Å². The van der Waals surface area contributed by atoms with Crippen molar-refractivity contribution in [2.75, 3.05) is 0 Å². The van der Waals surface area contributed by atoms with E-state index in [4.69, 9.17) is 4.55 Å². The minimum absolute atomic E-state index is 0. The van der Waals surface area contributed by atoms with Crippen LogP contribution in [0.2, 0.25) is 0 Å². The van der Waals surface area contributed by atoms with Gasteiger partial charge in [-0.3, -0.25) is 4.55 Å². The molecule has 0 saturated carbocycles. The Morgan fingerprint density at radius 1 is 0.815 bits per heavy atom. The molecular weight excluding hydrogens is 422 g/mol. The number of hydrogen-bond acceptors (Lipinski definition) is 8. The molecule has 2 aromatic carbocycles. The standard InChI is InChI=1S/C14H12O9S2.2Na/c15-12-7-11(8-14(9-12)23-25(19,20)21)2-1-10-3-5-13(6-4-10)22-24(16,17)18;;/h1-9,15H,(H,16,17,18)(H,19,20,21);;/q;2*+1/p-2/b2-1+;;. The van der Waals surface area contributed by atoms with Crippen LogP contribution in [0.15, 0.2) is 42.5 Å². The maximum Gasteiger partial charge on any atom is 1.00 e. The Kier molecular flexibility index (Phi) is 10.6. The van der Waals surface area contributed by atoms with Crippen LogP contribution in [0.4, 0.5) is 0 Å². The zero-order valence-corrected chi connectivity index (χ0v) is 19.9. The molecule has 0 bridgehead atoms. The molecule has 0 heterocycles. The molecule has 134 valence electrons. The monoisotopic (exact) mass is 432 g/mol. The van der Waals surface area contributed by atoms with Gasteiger partial charge in [0, 0.05) is 0 Å². The second kappa shape index (κ2) is 10.8. The normalized spacial score (nSPS) is 11.3. The van der Waals surface area contributed by atoms with E-state index < -0.39 is 26.5 Å². The predicted octanol–water partition coefficient (Wildman–Crippen LogP) is -5.04. The van der Waals surface area contributed by atoms with Crippen molar-refractivity contribution in [1.29, 1.82) is 0 Å². The van der Waals surface area contributed by atoms with Gasteiger partial charge in [0.1, 0.15) is 11.5 Å². The maximum atomic E-state index is 11.5. The average molecular weight is 432 g/mol. The van der Waals surface area contributed by atoms with Crippen LogP contribution in [0.25, 0.3) is 12.2 Å². The number of hydrogen-bond donors (Lipinski definition) is 1. The third kappa shape index (κ3) is 10.5. The molecule has 0 unspecified atom stereocenters. The van der Waals surface area contributed by atoms with E-state index in [0.717, 1.165) is 6.07 Å². The molecule has 1 N–H and O–H groups in total. The third-order valence-corrected chi connectivity index (χ3v) is 3.45. The zero-order valence-electron chi connectivity index (χ0n) is 14.2. The van der Waals surface area contributed by atoms with E-state index in [2.05, 4.69) is 8.37 Å². The first kappa shape index (κ1) is 26.4. The van der Waals surface area contributed by atoms with E-state index in [9.17, 15) is 26.5 Å². The first-order valence-corrected chi connectivity index (χ1v) is 9.12. The van der Waals surface area contributed by atoms with Crippen molar-refractivity contribution in [3.63, 3.8) is 0 Å². The molecule has 13 heteroatoms. The summed E-state index contributed by atoms with van der Waals surface area (Å²) in [5, 5.41) is 11.5. The van der Waals surface area contributed by atoms with Crippen LogP contribution in [0, 0.1) is 0 Å². The Hall–Kier alpha value is -0.600. The van der Waals surface area contributed by atoms with Gasteiger partial charge in [-0.05, 0) is 35.4 Å². The summed E-state index contributed by atoms with van der Waals surface area (Å²) < 4.78 is 69.7. The smallest absolute Gasteiger partial charge is 0.872 e. The van der Waals surface area contributed by atoms with Crippen LogP contribution < -0.4 is 72.6 Å². The molecule has 0 saturated heterocycles. The van der Waals surface area contributed by atoms with Gasteiger partial charge in [-0.1, -0.05) is 30.4 Å². The molecule has 0 aliphatic heterocycles. The molecule has 0 spiro atoms. The maximum absolute atomic E-state index is 11.5. The zero-order chi connectivity index (χ0) is 18.7. The van der Waals surface area contributed by atoms with E-state index in [1.165, 1.54) is 48.6 Å². The van der Waals surface area contributed by atoms with Crippen LogP contribution in [0.5, 0.6) is 17.2 Å². The second-order valence-electron chi connectivity index (χ2n) is 4.64. The van der Waals surface area contributed by atoms with Crippen LogP contribution in [-0.2, 0) is 20.8 Å². The molecule has 0 fully saturated rings. The van der Waals surface area contributed by atoms with Crippen LogP contribution in [0.3, 0.4) is 0 Å². The van der Waals surface area contributed by atoms with Crippen molar-refractivity contribution >= 4 is 33.0 Å². The van der Waals surface area contributed by atoms with E-state index in [0.29, 0.717) is 11.1 Å². The molecule has 0 amide bonds. The van der Waals surface area contributed by atoms with Crippen molar-refractivity contribution in [2.45, 2.75) is 0 Å². The van der Waals surface area contributed by atoms with Gasteiger partial charge < -0.3 is 18.0 Å². The summed E-state index contributed by atoms with van der Waals surface area (Å²) in [5.41, 5.74) is 0.873. The largest absolute Gasteiger partial charge is 1.00 e. The molecule has 0 atom stereocenters. The van der Waals surface area contributed by atoms with Gasteiger partial charge in [0.05, 0.1) is 0 Å². The van der Waals surface area contributed by atoms with E-state index in [1.54, 1.807) is 0 Å². The van der Waals surface area contributed by atoms with E-state index in [-0.39, 0.29) is 70.6 Å². The van der Waals surface area contributed by atoms with Gasteiger partial charge in [0.25, 0.3) is 10.4 Å². The molecule has 0 aromatic heterocycles. The fourth-order valence-electron chi connectivity index (χ4n) is 1.80. The Labute approximate surface area is 200 Å². The summed E-state index contributed by atoms with van der Waals surface area (Å²) in [4.78, 5) is 0. The molecule has 0 aliphatic carbocycles. The summed E-state index contributed by atoms with van der Waals surface area (Å²) in [6, 6.07) is 8.72. The van der Waals surface area contributed by atoms with Gasteiger partial charge in [-0.25, -0.2) is 8.42 Å². The molecular formula is C14H10Na2O9S2. The summed E-state index contributed by atoms with van der Waals surface area (Å²) in [6.07, 6.45) is 2.99. The Bertz CT molecular complexity index is 1000. The van der Waals surface area contributed by atoms with E-state index in [1.807, 2.05) is 0 Å². The van der Waals surface area contributed by atoms with Crippen molar-refractivity contribution in [1.82, 2.24) is 0 Å². The fraction of sp³-hybridized carbons (Fsp3) is 0. The molecule has 0 radical (unpaired) electrons. The first-order chi connectivity index (χ1) is 11.5. The molecule has 0 aliphatic rings. The Morgan fingerprint density at radius 3 is 1.89 bits per heavy atom. The summed E-state index contributed by atoms with van der Waals surface area (Å²) in [6.45, 7) is 0. The summed E-state index contributed by atoms with van der Waals surface area (Å²) >= 11 is 0. The number of rotatable bonds is 6. The van der Waals surface area contributed by atoms with Gasteiger partial charge in [-0.15, -0.1) is 5.75 Å². The number of benzene rings is 2. The van der Waals surface area contributed by atoms with Crippen molar-refractivity contribution in [2.24, 2.45) is 0 Å². The van der Waals surface area contributed by atoms with Gasteiger partial charge in [-0.2, -0.15) is 8.42 Å². The predicted molar refractivity (Wildman–Crippen MR) is 83.8 cm³/mol. The van der Waals surface area contributed by atoms with Crippen LogP contribution in [-0.4, -0.2) is 25.9 Å². The van der Waals surface area contributed by atoms with Gasteiger partial charge >= 0.3 is 69.5 Å². The average Bonchev–Trinajstić information content (AvgIpc) is 2.42. The first-order valence-electron chi connectivity index (χ1n) is 6.43. The SMILES string of the molecule is O=S(=O)([O-])Oc1ccc(/C=C/c2cc([O-])cc(OS(=O)(=O)O)c2)cc1.[Na+].[Na+]. The topological polar surface area (TPSA) is 153 Å². The van der Waals surface area contributed by atoms with Crippen LogP contribution in [0.1, 0.15) is 11.1 Å². The van der Waals surface area contributed by atoms with Gasteiger partial charge in [0.15, 0.2) is 0 Å². The molecule has 2 rings (SSSR count). The Morgan fingerprint density at radius 2 is 1.37 bits per heavy atom. The van der Waals surface area contributed by atoms with Crippen molar-refractivity contribution < 1.29 is 98.5 Å². The quantitative estimate of drug-likeness (QED) is 0.205. The molecule has 27 heavy (non-hydrogen) atoms. The third-order valence-electron chi connectivity index (χ3n) is 2.65. The van der Waals surface area contributed by atoms with Crippen molar-refractivity contribution in [3.8, 4) is 17.2 Å². The minimum Gasteiger partial charge on any atom is -0.872 e. The van der Waals surface area contributed by atoms with Crippen LogP contribution >= 0.6 is 0 Å². The van der Waals surface area contributed by atoms with Gasteiger partial charge in [0.2, 0.25) is 0 Å².